The number of hydrogen-bond acceptors (Lipinski definition) is 5. The molecule has 0 aliphatic carbocycles. The third kappa shape index (κ3) is 5.38. The van der Waals surface area contributed by atoms with E-state index < -0.39 is 11.8 Å². The molecule has 0 heterocycles. The van der Waals surface area contributed by atoms with Gasteiger partial charge in [0.05, 0.1) is 6.04 Å². The third-order valence-electron chi connectivity index (χ3n) is 3.26. The molecule has 6 N–H and O–H groups in total. The van der Waals surface area contributed by atoms with E-state index in [1.807, 2.05) is 30.3 Å². The second-order valence-corrected chi connectivity index (χ2v) is 5.14. The topological polar surface area (TPSA) is 101 Å². The van der Waals surface area contributed by atoms with Crippen LogP contribution in [0.3, 0.4) is 0 Å². The van der Waals surface area contributed by atoms with Crippen molar-refractivity contribution in [2.45, 2.75) is 38.0 Å². The average molecular weight is 279 g/mol. The lowest BCUT2D eigenvalue weighted by atomic mass is 9.99. The first-order valence-corrected chi connectivity index (χ1v) is 6.98. The Morgan fingerprint density at radius 2 is 2.05 bits per heavy atom. The molecule has 0 amide bonds. The number of ketones is 1. The van der Waals surface area contributed by atoms with Gasteiger partial charge in [0.1, 0.15) is 0 Å². The smallest absolute Gasteiger partial charge is 0.195 e. The molecule has 0 radical (unpaired) electrons. The fraction of sp³-hybridized carbons (Fsp3) is 0.533. The van der Waals surface area contributed by atoms with Crippen LogP contribution in [0.15, 0.2) is 30.3 Å². The molecule has 5 nitrogen and oxygen atoms in total. The van der Waals surface area contributed by atoms with Gasteiger partial charge in [0.25, 0.3) is 0 Å². The molecule has 1 aromatic carbocycles. The number of nitrogens with two attached hydrogens (primary N) is 2. The Labute approximate surface area is 120 Å². The number of carbonyl (C=O) groups is 1. The van der Waals surface area contributed by atoms with Crippen molar-refractivity contribution in [2.24, 2.45) is 11.5 Å². The molecule has 1 rings (SSSR count). The van der Waals surface area contributed by atoms with Crippen LogP contribution in [-0.2, 0) is 11.2 Å². The van der Waals surface area contributed by atoms with Crippen LogP contribution in [0.25, 0.3) is 0 Å². The number of carbonyl (C=O) groups excluding carboxylic acids is 1. The van der Waals surface area contributed by atoms with Gasteiger partial charge >= 0.3 is 0 Å². The lowest BCUT2D eigenvalue weighted by Gasteiger charge is -2.26. The van der Waals surface area contributed by atoms with Gasteiger partial charge in [-0.05, 0) is 38.3 Å². The maximum atomic E-state index is 12.0. The maximum Gasteiger partial charge on any atom is 0.195 e. The van der Waals surface area contributed by atoms with E-state index in [-0.39, 0.29) is 5.78 Å². The first-order chi connectivity index (χ1) is 9.47. The zero-order valence-electron chi connectivity index (χ0n) is 12.0. The molecule has 0 bridgehead atoms. The standard InChI is InChI=1S/C15H25N3O2/c1-15(20,14(19)13(17)8-5-10-16)18-11-9-12-6-3-2-4-7-12/h2-4,6-7,13,18,20H,5,8-11,16-17H2,1H3/t13-,15?/m0/s1. The van der Waals surface area contributed by atoms with Crippen LogP contribution in [0, 0.1) is 0 Å². The van der Waals surface area contributed by atoms with Crippen LogP contribution in [0.5, 0.6) is 0 Å². The summed E-state index contributed by atoms with van der Waals surface area (Å²) in [4.78, 5) is 12.0. The molecule has 1 unspecified atom stereocenters. The molecular weight excluding hydrogens is 254 g/mol. The summed E-state index contributed by atoms with van der Waals surface area (Å²) in [5, 5.41) is 13.0. The van der Waals surface area contributed by atoms with Crippen molar-refractivity contribution in [3.8, 4) is 0 Å². The van der Waals surface area contributed by atoms with Crippen molar-refractivity contribution < 1.29 is 9.90 Å². The molecule has 0 aliphatic rings. The minimum Gasteiger partial charge on any atom is -0.369 e. The quantitative estimate of drug-likeness (QED) is 0.482. The van der Waals surface area contributed by atoms with Crippen molar-refractivity contribution in [1.29, 1.82) is 0 Å². The number of Topliss-reactive ketones (excluding diaryl/α,β-unsaturated/α-hetero) is 1. The summed E-state index contributed by atoms with van der Waals surface area (Å²) in [5.41, 5.74) is 10.7. The Hall–Kier alpha value is -1.27. The largest absolute Gasteiger partial charge is 0.369 e. The Kier molecular flexibility index (Phi) is 6.81. The van der Waals surface area contributed by atoms with Gasteiger partial charge in [-0.3, -0.25) is 10.1 Å². The van der Waals surface area contributed by atoms with Crippen molar-refractivity contribution in [3.05, 3.63) is 35.9 Å². The molecule has 2 atom stereocenters. The van der Waals surface area contributed by atoms with E-state index in [4.69, 9.17) is 11.5 Å². The van der Waals surface area contributed by atoms with Crippen LogP contribution in [0.1, 0.15) is 25.3 Å². The molecule has 112 valence electrons. The summed E-state index contributed by atoms with van der Waals surface area (Å²) < 4.78 is 0. The molecule has 1 aromatic rings. The molecule has 0 aromatic heterocycles. The van der Waals surface area contributed by atoms with Gasteiger partial charge < -0.3 is 16.6 Å². The van der Waals surface area contributed by atoms with Gasteiger partial charge in [-0.15, -0.1) is 0 Å². The van der Waals surface area contributed by atoms with E-state index in [0.29, 0.717) is 25.9 Å². The second kappa shape index (κ2) is 8.11. The van der Waals surface area contributed by atoms with Gasteiger partial charge in [0.2, 0.25) is 0 Å². The highest BCUT2D eigenvalue weighted by atomic mass is 16.3. The molecule has 5 heteroatoms. The van der Waals surface area contributed by atoms with Gasteiger partial charge in [-0.2, -0.15) is 0 Å². The highest BCUT2D eigenvalue weighted by Crippen LogP contribution is 2.07. The van der Waals surface area contributed by atoms with Crippen molar-refractivity contribution >= 4 is 5.78 Å². The summed E-state index contributed by atoms with van der Waals surface area (Å²) in [7, 11) is 0. The van der Waals surface area contributed by atoms with E-state index in [1.165, 1.54) is 6.92 Å². The minimum atomic E-state index is -1.59. The molecule has 0 spiro atoms. The van der Waals surface area contributed by atoms with E-state index in [1.54, 1.807) is 0 Å². The van der Waals surface area contributed by atoms with Gasteiger partial charge in [-0.25, -0.2) is 0 Å². The van der Waals surface area contributed by atoms with Crippen LogP contribution in [-0.4, -0.2) is 35.7 Å². The summed E-state index contributed by atoms with van der Waals surface area (Å²) in [6, 6.07) is 9.20. The number of nitrogens with one attached hydrogen (secondary N) is 1. The highest BCUT2D eigenvalue weighted by Gasteiger charge is 2.33. The monoisotopic (exact) mass is 279 g/mol. The average Bonchev–Trinajstić information content (AvgIpc) is 2.44. The van der Waals surface area contributed by atoms with E-state index >= 15 is 0 Å². The molecule has 0 saturated carbocycles. The lowest BCUT2D eigenvalue weighted by molar-refractivity contribution is -0.140. The first-order valence-electron chi connectivity index (χ1n) is 6.98. The predicted octanol–water partition coefficient (Wildman–Crippen LogP) is 0.163. The number of hydrogen-bond donors (Lipinski definition) is 4. The summed E-state index contributed by atoms with van der Waals surface area (Å²) in [6.07, 6.45) is 1.90. The zero-order valence-corrected chi connectivity index (χ0v) is 12.0. The number of rotatable bonds is 9. The summed E-state index contributed by atoms with van der Waals surface area (Å²) in [5.74, 6) is -0.390. The van der Waals surface area contributed by atoms with Gasteiger partial charge in [-0.1, -0.05) is 30.3 Å². The zero-order chi connectivity index (χ0) is 15.0. The summed E-state index contributed by atoms with van der Waals surface area (Å²) >= 11 is 0. The third-order valence-corrected chi connectivity index (χ3v) is 3.26. The Bertz CT molecular complexity index is 407. The van der Waals surface area contributed by atoms with E-state index in [9.17, 15) is 9.90 Å². The van der Waals surface area contributed by atoms with E-state index in [0.717, 1.165) is 12.0 Å². The SMILES string of the molecule is CC(O)(NCCc1ccccc1)C(=O)[C@@H](N)CCCN. The Balaban J connectivity index is 2.42. The highest BCUT2D eigenvalue weighted by molar-refractivity contribution is 5.90. The fourth-order valence-electron chi connectivity index (χ4n) is 2.01. The van der Waals surface area contributed by atoms with Gasteiger partial charge in [0, 0.05) is 6.54 Å². The Morgan fingerprint density at radius 1 is 1.40 bits per heavy atom. The fourth-order valence-corrected chi connectivity index (χ4v) is 2.01. The van der Waals surface area contributed by atoms with Crippen LogP contribution >= 0.6 is 0 Å². The molecular formula is C15H25N3O2. The van der Waals surface area contributed by atoms with E-state index in [2.05, 4.69) is 5.32 Å². The Morgan fingerprint density at radius 3 is 2.65 bits per heavy atom. The normalized spacial score (nSPS) is 15.6. The van der Waals surface area contributed by atoms with Crippen molar-refractivity contribution in [2.75, 3.05) is 13.1 Å². The summed E-state index contributed by atoms with van der Waals surface area (Å²) in [6.45, 7) is 2.44. The van der Waals surface area contributed by atoms with Crippen LogP contribution < -0.4 is 16.8 Å². The molecule has 20 heavy (non-hydrogen) atoms. The van der Waals surface area contributed by atoms with Crippen LogP contribution in [0.4, 0.5) is 0 Å². The lowest BCUT2D eigenvalue weighted by Crippen LogP contribution is -2.56. The predicted molar refractivity (Wildman–Crippen MR) is 80.0 cm³/mol. The molecule has 0 aliphatic heterocycles. The maximum absolute atomic E-state index is 12.0. The molecule has 0 saturated heterocycles. The first kappa shape index (κ1) is 16.8. The van der Waals surface area contributed by atoms with Crippen molar-refractivity contribution in [1.82, 2.24) is 5.32 Å². The minimum absolute atomic E-state index is 0.390. The second-order valence-electron chi connectivity index (χ2n) is 5.14. The molecule has 0 fully saturated rings. The number of benzene rings is 1. The van der Waals surface area contributed by atoms with Gasteiger partial charge in [0.15, 0.2) is 11.5 Å². The van der Waals surface area contributed by atoms with Crippen molar-refractivity contribution in [3.63, 3.8) is 0 Å². The van der Waals surface area contributed by atoms with Crippen LogP contribution in [0.2, 0.25) is 0 Å². The number of aliphatic hydroxyl groups is 1.